The molecule has 0 saturated carbocycles. The Bertz CT molecular complexity index is 843. The monoisotopic (exact) mass is 406 g/mol. The summed E-state index contributed by atoms with van der Waals surface area (Å²) in [6.07, 6.45) is 0. The van der Waals surface area contributed by atoms with Gasteiger partial charge in [0.15, 0.2) is 5.13 Å². The van der Waals surface area contributed by atoms with E-state index in [1.807, 2.05) is 42.5 Å². The molecule has 3 nitrogen and oxygen atoms in total. The van der Waals surface area contributed by atoms with Gasteiger partial charge in [-0.2, -0.15) is 0 Å². The summed E-state index contributed by atoms with van der Waals surface area (Å²) < 4.78 is 1.97. The molecule has 0 atom stereocenters. The van der Waals surface area contributed by atoms with Crippen LogP contribution in [0, 0.1) is 0 Å². The average molecular weight is 407 g/mol. The van der Waals surface area contributed by atoms with Crippen LogP contribution in [0.15, 0.2) is 51.8 Å². The number of benzene rings is 2. The summed E-state index contributed by atoms with van der Waals surface area (Å²) in [7, 11) is 0. The summed E-state index contributed by atoms with van der Waals surface area (Å²) in [6, 6.07) is 13.6. The Kier molecular flexibility index (Phi) is 5.04. The molecule has 0 aliphatic carbocycles. The van der Waals surface area contributed by atoms with Crippen molar-refractivity contribution in [2.75, 3.05) is 5.32 Å². The zero-order chi connectivity index (χ0) is 16.4. The number of anilines is 1. The molecule has 1 N–H and O–H groups in total. The van der Waals surface area contributed by atoms with Gasteiger partial charge < -0.3 is 0 Å². The van der Waals surface area contributed by atoms with E-state index in [9.17, 15) is 4.79 Å². The van der Waals surface area contributed by atoms with Crippen LogP contribution < -0.4 is 5.32 Å². The maximum Gasteiger partial charge on any atom is 0.257 e. The van der Waals surface area contributed by atoms with Crippen LogP contribution in [0.3, 0.4) is 0 Å². The first kappa shape index (κ1) is 16.5. The van der Waals surface area contributed by atoms with Crippen LogP contribution in [-0.2, 0) is 0 Å². The summed E-state index contributed by atoms with van der Waals surface area (Å²) in [5.41, 5.74) is 1.51. The highest BCUT2D eigenvalue weighted by atomic mass is 79.9. The molecule has 0 bridgehead atoms. The van der Waals surface area contributed by atoms with Crippen molar-refractivity contribution in [2.45, 2.75) is 24.0 Å². The third kappa shape index (κ3) is 3.94. The van der Waals surface area contributed by atoms with Crippen molar-refractivity contribution in [3.63, 3.8) is 0 Å². The standard InChI is InChI=1S/C17H15BrN2OS2/c1-10(2)22-12-8-6-11(7-9-12)16(21)20-17-19-15-13(18)4-3-5-14(15)23-17/h3-10H,1-2H3,(H,19,20,21). The van der Waals surface area contributed by atoms with Gasteiger partial charge >= 0.3 is 0 Å². The first-order valence-electron chi connectivity index (χ1n) is 7.16. The van der Waals surface area contributed by atoms with E-state index in [1.165, 1.54) is 16.2 Å². The second-order valence-corrected chi connectivity index (χ2v) is 8.79. The fraction of sp³-hybridized carbons (Fsp3) is 0.176. The van der Waals surface area contributed by atoms with E-state index in [-0.39, 0.29) is 5.91 Å². The van der Waals surface area contributed by atoms with Crippen LogP contribution in [-0.4, -0.2) is 16.1 Å². The molecule has 0 unspecified atom stereocenters. The highest BCUT2D eigenvalue weighted by molar-refractivity contribution is 9.10. The summed E-state index contributed by atoms with van der Waals surface area (Å²) in [6.45, 7) is 4.30. The van der Waals surface area contributed by atoms with Crippen LogP contribution in [0.25, 0.3) is 10.2 Å². The van der Waals surface area contributed by atoms with E-state index in [0.29, 0.717) is 15.9 Å². The van der Waals surface area contributed by atoms with Gasteiger partial charge in [0.25, 0.3) is 5.91 Å². The molecule has 1 heterocycles. The largest absolute Gasteiger partial charge is 0.298 e. The van der Waals surface area contributed by atoms with Crippen molar-refractivity contribution < 1.29 is 4.79 Å². The Hall–Kier alpha value is -1.37. The second-order valence-electron chi connectivity index (χ2n) is 5.25. The van der Waals surface area contributed by atoms with Crippen LogP contribution in [0.2, 0.25) is 0 Å². The highest BCUT2D eigenvalue weighted by Crippen LogP contribution is 2.31. The van der Waals surface area contributed by atoms with Crippen molar-refractivity contribution >= 4 is 60.3 Å². The average Bonchev–Trinajstić information content (AvgIpc) is 2.91. The molecule has 6 heteroatoms. The predicted octanol–water partition coefficient (Wildman–Crippen LogP) is 5.81. The quantitative estimate of drug-likeness (QED) is 0.555. The molecule has 3 rings (SSSR count). The maximum atomic E-state index is 12.3. The van der Waals surface area contributed by atoms with E-state index < -0.39 is 0 Å². The van der Waals surface area contributed by atoms with E-state index in [1.54, 1.807) is 11.8 Å². The lowest BCUT2D eigenvalue weighted by Crippen LogP contribution is -2.11. The van der Waals surface area contributed by atoms with Gasteiger partial charge in [-0.25, -0.2) is 4.98 Å². The molecule has 0 saturated heterocycles. The van der Waals surface area contributed by atoms with Gasteiger partial charge in [0, 0.05) is 20.2 Å². The molecule has 0 spiro atoms. The van der Waals surface area contributed by atoms with E-state index >= 15 is 0 Å². The zero-order valence-electron chi connectivity index (χ0n) is 12.7. The van der Waals surface area contributed by atoms with Crippen LogP contribution in [0.5, 0.6) is 0 Å². The van der Waals surface area contributed by atoms with Crippen LogP contribution in [0.1, 0.15) is 24.2 Å². The number of amides is 1. The number of rotatable bonds is 4. The number of aromatic nitrogens is 1. The number of nitrogens with one attached hydrogen (secondary N) is 1. The van der Waals surface area contributed by atoms with Crippen LogP contribution in [0.4, 0.5) is 5.13 Å². The topological polar surface area (TPSA) is 42.0 Å². The Labute approximate surface area is 151 Å². The van der Waals surface area contributed by atoms with E-state index in [4.69, 9.17) is 0 Å². The van der Waals surface area contributed by atoms with Gasteiger partial charge in [-0.15, -0.1) is 11.8 Å². The molecule has 0 radical (unpaired) electrons. The summed E-state index contributed by atoms with van der Waals surface area (Å²) in [5, 5.41) is 4.01. The van der Waals surface area contributed by atoms with Crippen LogP contribution >= 0.6 is 39.0 Å². The molecule has 1 aromatic heterocycles. The SMILES string of the molecule is CC(C)Sc1ccc(C(=O)Nc2nc3c(Br)cccc3s2)cc1. The predicted molar refractivity (Wildman–Crippen MR) is 103 cm³/mol. The lowest BCUT2D eigenvalue weighted by molar-refractivity contribution is 0.102. The third-order valence-electron chi connectivity index (χ3n) is 3.08. The number of hydrogen-bond donors (Lipinski definition) is 1. The number of hydrogen-bond acceptors (Lipinski definition) is 4. The summed E-state index contributed by atoms with van der Waals surface area (Å²) in [4.78, 5) is 18.0. The van der Waals surface area contributed by atoms with Crippen molar-refractivity contribution in [1.82, 2.24) is 4.98 Å². The van der Waals surface area contributed by atoms with Crippen molar-refractivity contribution in [1.29, 1.82) is 0 Å². The van der Waals surface area contributed by atoms with Gasteiger partial charge in [0.2, 0.25) is 0 Å². The number of halogens is 1. The molecular weight excluding hydrogens is 392 g/mol. The number of thioether (sulfide) groups is 1. The number of nitrogens with zero attached hydrogens (tertiary/aromatic N) is 1. The van der Waals surface area contributed by atoms with Gasteiger partial charge in [0.1, 0.15) is 0 Å². The molecule has 23 heavy (non-hydrogen) atoms. The Morgan fingerprint density at radius 3 is 2.61 bits per heavy atom. The first-order valence-corrected chi connectivity index (χ1v) is 9.65. The highest BCUT2D eigenvalue weighted by Gasteiger charge is 2.11. The second kappa shape index (κ2) is 7.03. The molecule has 0 fully saturated rings. The number of carbonyl (C=O) groups is 1. The summed E-state index contributed by atoms with van der Waals surface area (Å²) >= 11 is 6.73. The van der Waals surface area contributed by atoms with Crippen molar-refractivity contribution in [2.24, 2.45) is 0 Å². The number of para-hydroxylation sites is 1. The summed E-state index contributed by atoms with van der Waals surface area (Å²) in [5.74, 6) is -0.138. The lowest BCUT2D eigenvalue weighted by atomic mass is 10.2. The fourth-order valence-corrected chi connectivity index (χ4v) is 4.41. The minimum absolute atomic E-state index is 0.138. The third-order valence-corrected chi connectivity index (χ3v) is 5.67. The van der Waals surface area contributed by atoms with Gasteiger partial charge in [-0.1, -0.05) is 31.3 Å². The lowest BCUT2D eigenvalue weighted by Gasteiger charge is -2.06. The van der Waals surface area contributed by atoms with E-state index in [2.05, 4.69) is 40.1 Å². The Morgan fingerprint density at radius 2 is 1.96 bits per heavy atom. The van der Waals surface area contributed by atoms with Crippen molar-refractivity contribution in [3.05, 3.63) is 52.5 Å². The zero-order valence-corrected chi connectivity index (χ0v) is 15.9. The molecule has 0 aliphatic heterocycles. The minimum Gasteiger partial charge on any atom is -0.298 e. The molecule has 118 valence electrons. The minimum atomic E-state index is -0.138. The normalized spacial score (nSPS) is 11.1. The molecule has 0 aliphatic rings. The molecule has 1 amide bonds. The van der Waals surface area contributed by atoms with Gasteiger partial charge in [-0.3, -0.25) is 10.1 Å². The smallest absolute Gasteiger partial charge is 0.257 e. The first-order chi connectivity index (χ1) is 11.0. The number of fused-ring (bicyclic) bond motifs is 1. The van der Waals surface area contributed by atoms with Gasteiger partial charge in [0.05, 0.1) is 10.2 Å². The fourth-order valence-electron chi connectivity index (χ4n) is 2.09. The number of carbonyl (C=O) groups excluding carboxylic acids is 1. The molecule has 2 aromatic carbocycles. The maximum absolute atomic E-state index is 12.3. The molecule has 3 aromatic rings. The Morgan fingerprint density at radius 1 is 1.22 bits per heavy atom. The number of thiazole rings is 1. The molecular formula is C17H15BrN2OS2. The van der Waals surface area contributed by atoms with E-state index in [0.717, 1.165) is 14.7 Å². The Balaban J connectivity index is 1.76. The van der Waals surface area contributed by atoms with Gasteiger partial charge in [-0.05, 0) is 52.3 Å². The van der Waals surface area contributed by atoms with Crippen molar-refractivity contribution in [3.8, 4) is 0 Å².